The molecule has 0 atom stereocenters. The highest BCUT2D eigenvalue weighted by molar-refractivity contribution is 6.06. The average molecular weight is 292 g/mol. The summed E-state index contributed by atoms with van der Waals surface area (Å²) in [7, 11) is 0. The van der Waals surface area contributed by atoms with Gasteiger partial charge >= 0.3 is 6.03 Å². The van der Waals surface area contributed by atoms with Crippen molar-refractivity contribution >= 4 is 17.6 Å². The zero-order valence-corrected chi connectivity index (χ0v) is 11.7. The van der Waals surface area contributed by atoms with E-state index in [1.165, 1.54) is 0 Å². The molecule has 7 nitrogen and oxygen atoms in total. The molecule has 1 aromatic rings. The van der Waals surface area contributed by atoms with Crippen molar-refractivity contribution < 1.29 is 23.8 Å². The fourth-order valence-corrected chi connectivity index (χ4v) is 1.61. The normalized spacial score (nSPS) is 13.0. The third kappa shape index (κ3) is 4.41. The molecule has 1 aliphatic heterocycles. The number of urea groups is 1. The van der Waals surface area contributed by atoms with Gasteiger partial charge in [0.15, 0.2) is 0 Å². The summed E-state index contributed by atoms with van der Waals surface area (Å²) in [5.41, 5.74) is 0.510. The van der Waals surface area contributed by atoms with Crippen LogP contribution in [0.25, 0.3) is 0 Å². The number of amides is 3. The molecule has 2 rings (SSSR count). The Bertz CT molecular complexity index is 568. The summed E-state index contributed by atoms with van der Waals surface area (Å²) in [5, 5.41) is 4.66. The molecule has 1 heterocycles. The maximum atomic E-state index is 11.7. The van der Waals surface area contributed by atoms with Gasteiger partial charge in [-0.05, 0) is 26.0 Å². The molecule has 0 spiro atoms. The van der Waals surface area contributed by atoms with Gasteiger partial charge in [-0.15, -0.1) is 0 Å². The Kier molecular flexibility index (Phi) is 4.65. The zero-order chi connectivity index (χ0) is 15.2. The fraction of sp³-hybridized carbons (Fsp3) is 0.286. The lowest BCUT2D eigenvalue weighted by Gasteiger charge is -2.11. The van der Waals surface area contributed by atoms with E-state index in [0.29, 0.717) is 11.4 Å². The Morgan fingerprint density at radius 2 is 2.14 bits per heavy atom. The molecule has 0 saturated heterocycles. The number of imide groups is 1. The Labute approximate surface area is 121 Å². The first-order valence-electron chi connectivity index (χ1n) is 6.38. The highest BCUT2D eigenvalue weighted by Crippen LogP contribution is 2.18. The molecule has 7 heteroatoms. The molecule has 3 amide bonds. The molecule has 0 fully saturated rings. The average Bonchev–Trinajstić information content (AvgIpc) is 2.91. The van der Waals surface area contributed by atoms with E-state index in [2.05, 4.69) is 10.6 Å². The molecule has 2 N–H and O–H groups in total. The highest BCUT2D eigenvalue weighted by Gasteiger charge is 2.18. The first-order valence-corrected chi connectivity index (χ1v) is 6.38. The Morgan fingerprint density at radius 1 is 1.33 bits per heavy atom. The van der Waals surface area contributed by atoms with Crippen LogP contribution in [0.4, 0.5) is 10.5 Å². The second kappa shape index (κ2) is 6.65. The largest absolute Gasteiger partial charge is 0.491 e. The van der Waals surface area contributed by atoms with Crippen LogP contribution in [0.15, 0.2) is 36.3 Å². The third-order valence-electron chi connectivity index (χ3n) is 2.39. The van der Waals surface area contributed by atoms with Crippen LogP contribution in [0.5, 0.6) is 5.75 Å². The molecule has 0 unspecified atom stereocenters. The minimum absolute atomic E-state index is 0.0288. The van der Waals surface area contributed by atoms with Crippen LogP contribution in [0.2, 0.25) is 0 Å². The quantitative estimate of drug-likeness (QED) is 0.886. The minimum atomic E-state index is -0.668. The molecular formula is C14H16N2O5. The van der Waals surface area contributed by atoms with Crippen molar-refractivity contribution in [3.05, 3.63) is 36.3 Å². The Balaban J connectivity index is 1.91. The second-order valence-electron chi connectivity index (χ2n) is 4.51. The maximum absolute atomic E-state index is 11.7. The number of anilines is 1. The van der Waals surface area contributed by atoms with Gasteiger partial charge in [0.05, 0.1) is 6.10 Å². The number of hydrogen-bond acceptors (Lipinski definition) is 5. The first-order chi connectivity index (χ1) is 10.0. The van der Waals surface area contributed by atoms with Crippen LogP contribution in [-0.2, 0) is 14.3 Å². The SMILES string of the molecule is CC(C)Oc1cccc(NC(=O)NC(=O)C2=COCO2)c1. The number of carbonyl (C=O) groups excluding carboxylic acids is 2. The topological polar surface area (TPSA) is 85.9 Å². The molecule has 0 saturated carbocycles. The number of nitrogens with one attached hydrogen (secondary N) is 2. The van der Waals surface area contributed by atoms with Crippen molar-refractivity contribution in [1.29, 1.82) is 0 Å². The summed E-state index contributed by atoms with van der Waals surface area (Å²) in [6, 6.07) is 6.21. The summed E-state index contributed by atoms with van der Waals surface area (Å²) in [6.45, 7) is 3.78. The minimum Gasteiger partial charge on any atom is -0.491 e. The van der Waals surface area contributed by atoms with E-state index in [9.17, 15) is 9.59 Å². The van der Waals surface area contributed by atoms with E-state index in [0.717, 1.165) is 6.26 Å². The smallest absolute Gasteiger partial charge is 0.326 e. The van der Waals surface area contributed by atoms with E-state index in [1.807, 2.05) is 13.8 Å². The molecular weight excluding hydrogens is 276 g/mol. The summed E-state index contributed by atoms with van der Waals surface area (Å²) in [4.78, 5) is 23.3. The number of benzene rings is 1. The number of hydrogen-bond donors (Lipinski definition) is 2. The van der Waals surface area contributed by atoms with Crippen LogP contribution in [-0.4, -0.2) is 24.8 Å². The molecule has 112 valence electrons. The lowest BCUT2D eigenvalue weighted by atomic mass is 10.3. The highest BCUT2D eigenvalue weighted by atomic mass is 16.7. The number of ether oxygens (including phenoxy) is 3. The van der Waals surface area contributed by atoms with Crippen LogP contribution in [0.1, 0.15) is 13.8 Å². The lowest BCUT2D eigenvalue weighted by molar-refractivity contribution is -0.119. The molecule has 21 heavy (non-hydrogen) atoms. The van der Waals surface area contributed by atoms with Gasteiger partial charge in [0.25, 0.3) is 5.91 Å². The summed E-state index contributed by atoms with van der Waals surface area (Å²) < 4.78 is 15.1. The molecule has 0 bridgehead atoms. The number of carbonyl (C=O) groups is 2. The summed E-state index contributed by atoms with van der Waals surface area (Å²) in [5.74, 6) is -0.0778. The molecule has 1 aliphatic rings. The van der Waals surface area contributed by atoms with Gasteiger partial charge in [0, 0.05) is 11.8 Å². The van der Waals surface area contributed by atoms with E-state index >= 15 is 0 Å². The van der Waals surface area contributed by atoms with Crippen LogP contribution in [0.3, 0.4) is 0 Å². The van der Waals surface area contributed by atoms with Gasteiger partial charge < -0.3 is 19.5 Å². The van der Waals surface area contributed by atoms with E-state index in [-0.39, 0.29) is 18.7 Å². The van der Waals surface area contributed by atoms with Gasteiger partial charge in [-0.3, -0.25) is 10.1 Å². The van der Waals surface area contributed by atoms with Crippen molar-refractivity contribution in [3.63, 3.8) is 0 Å². The van der Waals surface area contributed by atoms with Crippen molar-refractivity contribution in [3.8, 4) is 5.75 Å². The van der Waals surface area contributed by atoms with Crippen LogP contribution in [0, 0.1) is 0 Å². The maximum Gasteiger partial charge on any atom is 0.326 e. The van der Waals surface area contributed by atoms with Crippen molar-refractivity contribution in [2.75, 3.05) is 12.1 Å². The zero-order valence-electron chi connectivity index (χ0n) is 11.7. The van der Waals surface area contributed by atoms with E-state index in [4.69, 9.17) is 14.2 Å². The predicted molar refractivity (Wildman–Crippen MR) is 74.5 cm³/mol. The molecule has 1 aromatic carbocycles. The van der Waals surface area contributed by atoms with Crippen molar-refractivity contribution in [1.82, 2.24) is 5.32 Å². The molecule has 0 aromatic heterocycles. The molecule has 0 radical (unpaired) electrons. The van der Waals surface area contributed by atoms with E-state index < -0.39 is 11.9 Å². The standard InChI is InChI=1S/C14H16N2O5/c1-9(2)21-11-5-3-4-10(6-11)15-14(18)16-13(17)12-7-19-8-20-12/h3-7,9H,8H2,1-2H3,(H2,15,16,17,18). The monoisotopic (exact) mass is 292 g/mol. The summed E-state index contributed by atoms with van der Waals surface area (Å²) in [6.07, 6.45) is 1.18. The van der Waals surface area contributed by atoms with E-state index in [1.54, 1.807) is 24.3 Å². The van der Waals surface area contributed by atoms with Gasteiger partial charge in [-0.2, -0.15) is 0 Å². The van der Waals surface area contributed by atoms with Crippen LogP contribution < -0.4 is 15.4 Å². The van der Waals surface area contributed by atoms with Crippen LogP contribution >= 0.6 is 0 Å². The Morgan fingerprint density at radius 3 is 2.81 bits per heavy atom. The van der Waals surface area contributed by atoms with Crippen molar-refractivity contribution in [2.45, 2.75) is 20.0 Å². The summed E-state index contributed by atoms with van der Waals surface area (Å²) >= 11 is 0. The van der Waals surface area contributed by atoms with Gasteiger partial charge in [-0.1, -0.05) is 6.07 Å². The van der Waals surface area contributed by atoms with Gasteiger partial charge in [0.1, 0.15) is 12.0 Å². The van der Waals surface area contributed by atoms with Crippen molar-refractivity contribution in [2.24, 2.45) is 0 Å². The second-order valence-corrected chi connectivity index (χ2v) is 4.51. The molecule has 0 aliphatic carbocycles. The lowest BCUT2D eigenvalue weighted by Crippen LogP contribution is -2.35. The first kappa shape index (κ1) is 14.7. The fourth-order valence-electron chi connectivity index (χ4n) is 1.61. The van der Waals surface area contributed by atoms with Gasteiger partial charge in [-0.25, -0.2) is 4.79 Å². The predicted octanol–water partition coefficient (Wildman–Crippen LogP) is 1.97. The third-order valence-corrected chi connectivity index (χ3v) is 2.39. The Hall–Kier alpha value is -2.70. The number of rotatable bonds is 4. The van der Waals surface area contributed by atoms with Gasteiger partial charge in [0.2, 0.25) is 12.6 Å².